The molecule has 0 aliphatic carbocycles. The Balaban J connectivity index is 1.66. The molecule has 2 aromatic carbocycles. The Bertz CT molecular complexity index is 919. The maximum Gasteiger partial charge on any atom is 0.338 e. The summed E-state index contributed by atoms with van der Waals surface area (Å²) in [4.78, 5) is 38.9. The lowest BCUT2D eigenvalue weighted by atomic mass is 10.1. The van der Waals surface area contributed by atoms with Gasteiger partial charge in [0.2, 0.25) is 0 Å². The molecule has 1 heterocycles. The SMILES string of the molecule is COC(=O)c1ccc(N2CCCN(C(=O)NCc3ccccc3)CC2)c([N+](=O)[O-])c1. The van der Waals surface area contributed by atoms with Crippen LogP contribution in [0, 0.1) is 10.1 Å². The van der Waals surface area contributed by atoms with Crippen molar-refractivity contribution in [2.45, 2.75) is 13.0 Å². The first-order valence-corrected chi connectivity index (χ1v) is 9.68. The summed E-state index contributed by atoms with van der Waals surface area (Å²) < 4.78 is 4.65. The smallest absolute Gasteiger partial charge is 0.338 e. The summed E-state index contributed by atoms with van der Waals surface area (Å²) in [5.74, 6) is -0.623. The number of hydrogen-bond donors (Lipinski definition) is 1. The molecule has 3 rings (SSSR count). The van der Waals surface area contributed by atoms with E-state index in [9.17, 15) is 19.7 Å². The zero-order valence-electron chi connectivity index (χ0n) is 16.7. The first-order chi connectivity index (χ1) is 14.5. The third-order valence-electron chi connectivity index (χ3n) is 5.00. The van der Waals surface area contributed by atoms with Crippen molar-refractivity contribution >= 4 is 23.4 Å². The molecular weight excluding hydrogens is 388 g/mol. The van der Waals surface area contributed by atoms with Gasteiger partial charge in [-0.2, -0.15) is 0 Å². The molecule has 30 heavy (non-hydrogen) atoms. The van der Waals surface area contributed by atoms with E-state index in [4.69, 9.17) is 0 Å². The summed E-state index contributed by atoms with van der Waals surface area (Å²) in [6.07, 6.45) is 0.675. The van der Waals surface area contributed by atoms with Crippen molar-refractivity contribution < 1.29 is 19.2 Å². The molecular formula is C21H24N4O5. The number of esters is 1. The Labute approximate surface area is 174 Å². The summed E-state index contributed by atoms with van der Waals surface area (Å²) >= 11 is 0. The fourth-order valence-electron chi connectivity index (χ4n) is 3.43. The second-order valence-corrected chi connectivity index (χ2v) is 6.92. The molecule has 0 atom stereocenters. The number of carbonyl (C=O) groups excluding carboxylic acids is 2. The predicted octanol–water partition coefficient (Wildman–Crippen LogP) is 2.80. The van der Waals surface area contributed by atoms with Gasteiger partial charge in [0.1, 0.15) is 5.69 Å². The maximum absolute atomic E-state index is 12.5. The van der Waals surface area contributed by atoms with E-state index < -0.39 is 10.9 Å². The van der Waals surface area contributed by atoms with Crippen molar-refractivity contribution in [3.8, 4) is 0 Å². The molecule has 2 amide bonds. The molecule has 158 valence electrons. The number of anilines is 1. The monoisotopic (exact) mass is 412 g/mol. The number of nitrogens with zero attached hydrogens (tertiary/aromatic N) is 3. The number of nitro benzene ring substituents is 1. The van der Waals surface area contributed by atoms with Crippen LogP contribution in [-0.4, -0.2) is 55.1 Å². The van der Waals surface area contributed by atoms with Gasteiger partial charge in [-0.05, 0) is 24.1 Å². The number of benzene rings is 2. The number of nitrogens with one attached hydrogen (secondary N) is 1. The highest BCUT2D eigenvalue weighted by Gasteiger charge is 2.25. The standard InChI is InChI=1S/C21H24N4O5/c1-30-20(26)17-8-9-18(19(14-17)25(28)29)23-10-5-11-24(13-12-23)21(27)22-15-16-6-3-2-4-7-16/h2-4,6-9,14H,5,10-13,15H2,1H3,(H,22,27). The van der Waals surface area contributed by atoms with Crippen LogP contribution < -0.4 is 10.2 Å². The average Bonchev–Trinajstić information content (AvgIpc) is 3.03. The van der Waals surface area contributed by atoms with Gasteiger partial charge in [-0.1, -0.05) is 30.3 Å². The molecule has 1 aliphatic rings. The number of ether oxygens (including phenoxy) is 1. The first-order valence-electron chi connectivity index (χ1n) is 9.68. The van der Waals surface area contributed by atoms with Crippen molar-refractivity contribution in [2.75, 3.05) is 38.2 Å². The van der Waals surface area contributed by atoms with E-state index in [0.717, 1.165) is 5.56 Å². The van der Waals surface area contributed by atoms with Crippen LogP contribution in [-0.2, 0) is 11.3 Å². The first kappa shape index (κ1) is 21.1. The molecule has 0 spiro atoms. The van der Waals surface area contributed by atoms with Gasteiger partial charge in [0.15, 0.2) is 0 Å². The molecule has 0 unspecified atom stereocenters. The molecule has 9 heteroatoms. The lowest BCUT2D eigenvalue weighted by molar-refractivity contribution is -0.384. The molecule has 0 bridgehead atoms. The van der Waals surface area contributed by atoms with Crippen LogP contribution in [0.3, 0.4) is 0 Å². The Morgan fingerprint density at radius 3 is 2.57 bits per heavy atom. The second-order valence-electron chi connectivity index (χ2n) is 6.92. The van der Waals surface area contributed by atoms with E-state index in [1.54, 1.807) is 11.0 Å². The lowest BCUT2D eigenvalue weighted by Crippen LogP contribution is -2.41. The largest absolute Gasteiger partial charge is 0.465 e. The van der Waals surface area contributed by atoms with Gasteiger partial charge < -0.3 is 19.9 Å². The Morgan fingerprint density at radius 2 is 1.87 bits per heavy atom. The van der Waals surface area contributed by atoms with E-state index in [0.29, 0.717) is 44.8 Å². The van der Waals surface area contributed by atoms with Crippen LogP contribution in [0.25, 0.3) is 0 Å². The van der Waals surface area contributed by atoms with Crippen molar-refractivity contribution in [1.29, 1.82) is 0 Å². The van der Waals surface area contributed by atoms with Crippen molar-refractivity contribution in [2.24, 2.45) is 0 Å². The normalized spacial score (nSPS) is 14.0. The molecule has 1 fully saturated rings. The Hall–Kier alpha value is -3.62. The highest BCUT2D eigenvalue weighted by molar-refractivity contribution is 5.91. The molecule has 2 aromatic rings. The molecule has 9 nitrogen and oxygen atoms in total. The van der Waals surface area contributed by atoms with Gasteiger partial charge in [0, 0.05) is 38.8 Å². The number of nitro groups is 1. The highest BCUT2D eigenvalue weighted by atomic mass is 16.6. The number of urea groups is 1. The van der Waals surface area contributed by atoms with Gasteiger partial charge >= 0.3 is 12.0 Å². The van der Waals surface area contributed by atoms with Crippen LogP contribution in [0.4, 0.5) is 16.2 Å². The molecule has 0 saturated carbocycles. The quantitative estimate of drug-likeness (QED) is 0.460. The number of methoxy groups -OCH3 is 1. The fraction of sp³-hybridized carbons (Fsp3) is 0.333. The zero-order valence-corrected chi connectivity index (χ0v) is 16.7. The van der Waals surface area contributed by atoms with E-state index >= 15 is 0 Å². The number of rotatable bonds is 5. The third-order valence-corrected chi connectivity index (χ3v) is 5.00. The minimum Gasteiger partial charge on any atom is -0.465 e. The Morgan fingerprint density at radius 1 is 1.10 bits per heavy atom. The van der Waals surface area contributed by atoms with Crippen LogP contribution in [0.1, 0.15) is 22.3 Å². The topological polar surface area (TPSA) is 105 Å². The summed E-state index contributed by atoms with van der Waals surface area (Å²) in [6, 6.07) is 13.8. The predicted molar refractivity (Wildman–Crippen MR) is 112 cm³/mol. The lowest BCUT2D eigenvalue weighted by Gasteiger charge is -2.24. The number of carbonyl (C=O) groups is 2. The van der Waals surface area contributed by atoms with Crippen LogP contribution in [0.2, 0.25) is 0 Å². The molecule has 1 aliphatic heterocycles. The van der Waals surface area contributed by atoms with E-state index in [1.165, 1.54) is 19.2 Å². The van der Waals surface area contributed by atoms with Crippen LogP contribution in [0.15, 0.2) is 48.5 Å². The highest BCUT2D eigenvalue weighted by Crippen LogP contribution is 2.30. The third kappa shape index (κ3) is 5.05. The average molecular weight is 412 g/mol. The minimum absolute atomic E-state index is 0.129. The second kappa shape index (κ2) is 9.73. The molecule has 1 saturated heterocycles. The van der Waals surface area contributed by atoms with Gasteiger partial charge in [-0.25, -0.2) is 9.59 Å². The van der Waals surface area contributed by atoms with Gasteiger partial charge in [-0.3, -0.25) is 10.1 Å². The number of amides is 2. The van der Waals surface area contributed by atoms with E-state index in [-0.39, 0.29) is 17.3 Å². The molecule has 0 aromatic heterocycles. The summed E-state index contributed by atoms with van der Waals surface area (Å²) in [5, 5.41) is 14.5. The maximum atomic E-state index is 12.5. The number of hydrogen-bond acceptors (Lipinski definition) is 6. The summed E-state index contributed by atoms with van der Waals surface area (Å²) in [6.45, 7) is 2.47. The van der Waals surface area contributed by atoms with Crippen molar-refractivity contribution in [3.05, 3.63) is 69.8 Å². The van der Waals surface area contributed by atoms with Crippen molar-refractivity contribution in [1.82, 2.24) is 10.2 Å². The van der Waals surface area contributed by atoms with E-state index in [1.807, 2.05) is 35.2 Å². The van der Waals surface area contributed by atoms with Gasteiger partial charge in [-0.15, -0.1) is 0 Å². The summed E-state index contributed by atoms with van der Waals surface area (Å²) in [7, 11) is 1.23. The fourth-order valence-corrected chi connectivity index (χ4v) is 3.43. The van der Waals surface area contributed by atoms with E-state index in [2.05, 4.69) is 10.1 Å². The zero-order chi connectivity index (χ0) is 21.5. The molecule has 0 radical (unpaired) electrons. The molecule has 1 N–H and O–H groups in total. The minimum atomic E-state index is -0.623. The van der Waals surface area contributed by atoms with Crippen LogP contribution >= 0.6 is 0 Å². The Kier molecular flexibility index (Phi) is 6.84. The van der Waals surface area contributed by atoms with Gasteiger partial charge in [0.05, 0.1) is 17.6 Å². The summed E-state index contributed by atoms with van der Waals surface area (Å²) in [5.41, 5.74) is 1.42. The van der Waals surface area contributed by atoms with Gasteiger partial charge in [0.25, 0.3) is 5.69 Å². The van der Waals surface area contributed by atoms with Crippen molar-refractivity contribution in [3.63, 3.8) is 0 Å². The van der Waals surface area contributed by atoms with Crippen LogP contribution in [0.5, 0.6) is 0 Å².